The number of Topliss-reactive ketones (excluding diaryl/α,β-unsaturated/α-hetero) is 1. The van der Waals surface area contributed by atoms with Gasteiger partial charge in [0.2, 0.25) is 12.2 Å². The largest absolute Gasteiger partial charge is 0.493 e. The molecule has 2 unspecified atom stereocenters. The van der Waals surface area contributed by atoms with E-state index in [0.717, 1.165) is 11.1 Å². The van der Waals surface area contributed by atoms with Crippen LogP contribution in [-0.2, 0) is 11.2 Å². The number of methoxy groups -OCH3 is 2. The van der Waals surface area contributed by atoms with E-state index in [4.69, 9.17) is 14.2 Å². The van der Waals surface area contributed by atoms with Crippen molar-refractivity contribution >= 4 is 17.7 Å². The van der Waals surface area contributed by atoms with Gasteiger partial charge >= 0.3 is 5.97 Å². The van der Waals surface area contributed by atoms with E-state index < -0.39 is 6.23 Å². The van der Waals surface area contributed by atoms with Gasteiger partial charge in [-0.1, -0.05) is 24.3 Å². The van der Waals surface area contributed by atoms with Gasteiger partial charge in [-0.3, -0.25) is 4.79 Å². The van der Waals surface area contributed by atoms with E-state index in [1.165, 1.54) is 0 Å². The van der Waals surface area contributed by atoms with Crippen LogP contribution in [0.5, 0.6) is 11.5 Å². The summed E-state index contributed by atoms with van der Waals surface area (Å²) in [6, 6.07) is 12.9. The van der Waals surface area contributed by atoms with Gasteiger partial charge in [-0.25, -0.2) is 14.8 Å². The summed E-state index contributed by atoms with van der Waals surface area (Å²) in [5.41, 5.74) is 3.42. The molecule has 32 heavy (non-hydrogen) atoms. The molecule has 1 aliphatic heterocycles. The molecule has 1 N–H and O–H groups in total. The number of esters is 1. The predicted octanol–water partition coefficient (Wildman–Crippen LogP) is 3.69. The minimum absolute atomic E-state index is 0.00442. The molecule has 0 radical (unpaired) electrons. The number of carbonyl (C=O) groups excluding carboxylic acids is 2. The Morgan fingerprint density at radius 1 is 1.00 bits per heavy atom. The third-order valence-corrected chi connectivity index (χ3v) is 5.87. The van der Waals surface area contributed by atoms with Gasteiger partial charge in [-0.15, -0.1) is 0 Å². The number of hydrogen-bond donors (Lipinski definition) is 1. The highest BCUT2D eigenvalue weighted by atomic mass is 16.6. The lowest BCUT2D eigenvalue weighted by atomic mass is 9.82. The number of rotatable bonds is 5. The van der Waals surface area contributed by atoms with Gasteiger partial charge in [0.05, 0.1) is 31.0 Å². The molecule has 5 rings (SSSR count). The Labute approximate surface area is 184 Å². The highest BCUT2D eigenvalue weighted by Crippen LogP contribution is 2.37. The van der Waals surface area contributed by atoms with Crippen LogP contribution in [0.3, 0.4) is 0 Å². The minimum atomic E-state index is -0.669. The quantitative estimate of drug-likeness (QED) is 0.611. The number of ether oxygens (including phenoxy) is 3. The van der Waals surface area contributed by atoms with Crippen molar-refractivity contribution in [3.05, 3.63) is 76.6 Å². The number of anilines is 1. The zero-order valence-electron chi connectivity index (χ0n) is 17.6. The van der Waals surface area contributed by atoms with E-state index in [0.29, 0.717) is 47.1 Å². The van der Waals surface area contributed by atoms with Gasteiger partial charge in [0.25, 0.3) is 0 Å². The lowest BCUT2D eigenvalue weighted by Crippen LogP contribution is -2.22. The molecule has 1 aromatic heterocycles. The fourth-order valence-corrected chi connectivity index (χ4v) is 4.23. The van der Waals surface area contributed by atoms with E-state index in [1.807, 2.05) is 30.3 Å². The van der Waals surface area contributed by atoms with Crippen molar-refractivity contribution < 1.29 is 23.8 Å². The number of nitrogens with one attached hydrogen (secondary N) is 1. The standard InChI is InChI=1S/C24H21N3O5/c1-30-20-8-7-13(11-21(20)31-2)14-9-18-17(19(28)10-14)12-25-24(26-18)27-22-15-5-3-4-6-16(15)23(29)32-22/h3-8,11-12,14,22H,9-10H2,1-2H3,(H,25,26,27). The first-order valence-electron chi connectivity index (χ1n) is 10.2. The second-order valence-electron chi connectivity index (χ2n) is 7.71. The Morgan fingerprint density at radius 2 is 1.81 bits per heavy atom. The van der Waals surface area contributed by atoms with Crippen LogP contribution >= 0.6 is 0 Å². The van der Waals surface area contributed by atoms with Gasteiger partial charge in [0.1, 0.15) is 0 Å². The number of benzene rings is 2. The van der Waals surface area contributed by atoms with Crippen molar-refractivity contribution in [1.29, 1.82) is 0 Å². The maximum atomic E-state index is 12.8. The van der Waals surface area contributed by atoms with Crippen molar-refractivity contribution in [3.8, 4) is 11.5 Å². The Balaban J connectivity index is 1.41. The average Bonchev–Trinajstić information content (AvgIpc) is 3.13. The number of carbonyl (C=O) groups is 2. The van der Waals surface area contributed by atoms with Crippen molar-refractivity contribution in [2.75, 3.05) is 19.5 Å². The molecular formula is C24H21N3O5. The summed E-state index contributed by atoms with van der Waals surface area (Å²) in [5.74, 6) is 1.13. The second-order valence-corrected chi connectivity index (χ2v) is 7.71. The highest BCUT2D eigenvalue weighted by molar-refractivity contribution is 5.98. The van der Waals surface area contributed by atoms with Crippen LogP contribution in [0.15, 0.2) is 48.7 Å². The first-order valence-corrected chi connectivity index (χ1v) is 10.2. The fraction of sp³-hybridized carbons (Fsp3) is 0.250. The van der Waals surface area contributed by atoms with E-state index >= 15 is 0 Å². The summed E-state index contributed by atoms with van der Waals surface area (Å²) in [7, 11) is 3.17. The molecule has 0 bridgehead atoms. The molecule has 8 heteroatoms. The van der Waals surface area contributed by atoms with Crippen molar-refractivity contribution in [2.24, 2.45) is 0 Å². The molecule has 0 saturated heterocycles. The molecule has 0 spiro atoms. The van der Waals surface area contributed by atoms with E-state index in [9.17, 15) is 9.59 Å². The van der Waals surface area contributed by atoms with Crippen molar-refractivity contribution in [3.63, 3.8) is 0 Å². The first-order chi connectivity index (χ1) is 15.6. The minimum Gasteiger partial charge on any atom is -0.493 e. The lowest BCUT2D eigenvalue weighted by Gasteiger charge is -2.24. The maximum absolute atomic E-state index is 12.8. The van der Waals surface area contributed by atoms with Crippen molar-refractivity contribution in [2.45, 2.75) is 25.0 Å². The summed E-state index contributed by atoms with van der Waals surface area (Å²) in [5, 5.41) is 3.07. The summed E-state index contributed by atoms with van der Waals surface area (Å²) in [6.45, 7) is 0. The van der Waals surface area contributed by atoms with Gasteiger partial charge in [-0.2, -0.15) is 0 Å². The SMILES string of the molecule is COc1ccc(C2CC(=O)c3cnc(NC4OC(=O)c5ccccc54)nc3C2)cc1OC. The van der Waals surface area contributed by atoms with Crippen LogP contribution in [0.1, 0.15) is 56.1 Å². The number of cyclic esters (lactones) is 1. The molecule has 2 aliphatic rings. The Bertz CT molecular complexity index is 1230. The van der Waals surface area contributed by atoms with Crippen LogP contribution in [-0.4, -0.2) is 35.9 Å². The molecule has 162 valence electrons. The van der Waals surface area contributed by atoms with E-state index in [1.54, 1.807) is 32.5 Å². The molecule has 0 fully saturated rings. The maximum Gasteiger partial charge on any atom is 0.340 e. The zero-order chi connectivity index (χ0) is 22.2. The van der Waals surface area contributed by atoms with Crippen LogP contribution < -0.4 is 14.8 Å². The summed E-state index contributed by atoms with van der Waals surface area (Å²) in [6.07, 6.45) is 1.82. The molecular weight excluding hydrogens is 410 g/mol. The molecule has 0 amide bonds. The molecule has 2 heterocycles. The van der Waals surface area contributed by atoms with Gasteiger partial charge < -0.3 is 19.5 Å². The number of fused-ring (bicyclic) bond motifs is 2. The normalized spacial score (nSPS) is 19.1. The Morgan fingerprint density at radius 3 is 2.62 bits per heavy atom. The van der Waals surface area contributed by atoms with Crippen LogP contribution in [0.4, 0.5) is 5.95 Å². The molecule has 0 saturated carbocycles. The molecule has 1 aliphatic carbocycles. The van der Waals surface area contributed by atoms with Crippen LogP contribution in [0.25, 0.3) is 0 Å². The van der Waals surface area contributed by atoms with Crippen LogP contribution in [0, 0.1) is 0 Å². The second kappa shape index (κ2) is 7.96. The van der Waals surface area contributed by atoms with Crippen LogP contribution in [0.2, 0.25) is 0 Å². The number of ketones is 1. The summed E-state index contributed by atoms with van der Waals surface area (Å²) >= 11 is 0. The average molecular weight is 431 g/mol. The number of hydrogen-bond acceptors (Lipinski definition) is 8. The monoisotopic (exact) mass is 431 g/mol. The smallest absolute Gasteiger partial charge is 0.340 e. The summed E-state index contributed by atoms with van der Waals surface area (Å²) < 4.78 is 16.1. The molecule has 2 aromatic carbocycles. The topological polar surface area (TPSA) is 99.6 Å². The highest BCUT2D eigenvalue weighted by Gasteiger charge is 2.32. The fourth-order valence-electron chi connectivity index (χ4n) is 4.23. The Kier molecular flexibility index (Phi) is 4.97. The van der Waals surface area contributed by atoms with Crippen molar-refractivity contribution in [1.82, 2.24) is 9.97 Å². The Hall–Kier alpha value is -3.94. The number of aromatic nitrogens is 2. The van der Waals surface area contributed by atoms with Gasteiger partial charge in [-0.05, 0) is 36.1 Å². The molecule has 3 aromatic rings. The van der Waals surface area contributed by atoms with Gasteiger partial charge in [0, 0.05) is 18.2 Å². The molecule has 2 atom stereocenters. The summed E-state index contributed by atoms with van der Waals surface area (Å²) in [4.78, 5) is 33.7. The zero-order valence-corrected chi connectivity index (χ0v) is 17.6. The predicted molar refractivity (Wildman–Crippen MR) is 115 cm³/mol. The lowest BCUT2D eigenvalue weighted by molar-refractivity contribution is 0.0436. The first kappa shape index (κ1) is 20.0. The van der Waals surface area contributed by atoms with E-state index in [-0.39, 0.29) is 17.7 Å². The van der Waals surface area contributed by atoms with E-state index in [2.05, 4.69) is 15.3 Å². The third kappa shape index (κ3) is 3.43. The molecule has 8 nitrogen and oxygen atoms in total. The third-order valence-electron chi connectivity index (χ3n) is 5.87. The van der Waals surface area contributed by atoms with Gasteiger partial charge in [0.15, 0.2) is 17.3 Å². The number of nitrogens with zero attached hydrogens (tertiary/aromatic N) is 2.